The van der Waals surface area contributed by atoms with Gasteiger partial charge in [-0.2, -0.15) is 0 Å². The molecule has 2 rings (SSSR count). The third-order valence-electron chi connectivity index (χ3n) is 4.05. The van der Waals surface area contributed by atoms with E-state index in [-0.39, 0.29) is 0 Å². The van der Waals surface area contributed by atoms with E-state index < -0.39 is 6.16 Å². The molecule has 18 heavy (non-hydrogen) atoms. The minimum Gasteiger partial charge on any atom is -0.450 e. The van der Waals surface area contributed by atoms with Gasteiger partial charge in [0.05, 0.1) is 0 Å². The first kappa shape index (κ1) is 15.0. The summed E-state index contributed by atoms with van der Waals surface area (Å²) >= 11 is 3.48. The van der Waals surface area contributed by atoms with Crippen LogP contribution in [0.25, 0.3) is 0 Å². The number of rotatable bonds is 1. The molecule has 100 valence electrons. The molecule has 1 aromatic rings. The molecule has 2 N–H and O–H groups in total. The number of benzene rings is 1. The van der Waals surface area contributed by atoms with Gasteiger partial charge in [0, 0.05) is 4.47 Å². The fourth-order valence-electron chi connectivity index (χ4n) is 2.76. The summed E-state index contributed by atoms with van der Waals surface area (Å²) in [5, 5.41) is 13.9. The van der Waals surface area contributed by atoms with Gasteiger partial charge in [-0.3, -0.25) is 0 Å². The maximum Gasteiger partial charge on any atom is 0.503 e. The molecule has 0 saturated heterocycles. The molecule has 0 heterocycles. The van der Waals surface area contributed by atoms with Crippen LogP contribution in [0.2, 0.25) is 0 Å². The quantitative estimate of drug-likeness (QED) is 0.791. The Bertz CT molecular complexity index is 388. The van der Waals surface area contributed by atoms with Crippen LogP contribution in [-0.4, -0.2) is 16.4 Å². The molecule has 1 fully saturated rings. The zero-order valence-corrected chi connectivity index (χ0v) is 12.4. The first-order chi connectivity index (χ1) is 8.34. The second-order valence-electron chi connectivity index (χ2n) is 4.94. The summed E-state index contributed by atoms with van der Waals surface area (Å²) in [6.07, 6.45) is -1.83. The Morgan fingerprint density at radius 1 is 1.00 bits per heavy atom. The minimum absolute atomic E-state index is 0.776. The molecule has 0 aliphatic heterocycles. The van der Waals surface area contributed by atoms with Gasteiger partial charge in [0.15, 0.2) is 0 Å². The maximum absolute atomic E-state index is 8.56. The number of hydrogen-bond donors (Lipinski definition) is 2. The molecule has 1 saturated carbocycles. The highest BCUT2D eigenvalue weighted by Crippen LogP contribution is 2.51. The predicted molar refractivity (Wildman–Crippen MR) is 75.0 cm³/mol. The van der Waals surface area contributed by atoms with Crippen molar-refractivity contribution >= 4 is 22.1 Å². The van der Waals surface area contributed by atoms with E-state index >= 15 is 0 Å². The van der Waals surface area contributed by atoms with Crippen molar-refractivity contribution in [1.29, 1.82) is 0 Å². The van der Waals surface area contributed by atoms with E-state index in [2.05, 4.69) is 61.0 Å². The van der Waals surface area contributed by atoms with Crippen molar-refractivity contribution in [2.45, 2.75) is 26.7 Å². The van der Waals surface area contributed by atoms with E-state index in [1.54, 1.807) is 0 Å². The molecule has 0 bridgehead atoms. The van der Waals surface area contributed by atoms with E-state index in [0.717, 1.165) is 23.7 Å². The van der Waals surface area contributed by atoms with Gasteiger partial charge in [0.25, 0.3) is 0 Å². The third-order valence-corrected chi connectivity index (χ3v) is 4.58. The van der Waals surface area contributed by atoms with E-state index in [9.17, 15) is 0 Å². The smallest absolute Gasteiger partial charge is 0.450 e. The Hall–Kier alpha value is -1.03. The summed E-state index contributed by atoms with van der Waals surface area (Å²) < 4.78 is 1.17. The monoisotopic (exact) mass is 314 g/mol. The Kier molecular flexibility index (Phi) is 5.20. The minimum atomic E-state index is -1.83. The topological polar surface area (TPSA) is 57.5 Å². The van der Waals surface area contributed by atoms with Gasteiger partial charge in [-0.15, -0.1) is 0 Å². The lowest BCUT2D eigenvalue weighted by Crippen LogP contribution is -2.39. The lowest BCUT2D eigenvalue weighted by molar-refractivity contribution is 0.0756. The van der Waals surface area contributed by atoms with Crippen molar-refractivity contribution < 1.29 is 15.0 Å². The second kappa shape index (κ2) is 6.23. The Labute approximate surface area is 116 Å². The summed E-state index contributed by atoms with van der Waals surface area (Å²) in [6.45, 7) is 7.11. The van der Waals surface area contributed by atoms with Crippen molar-refractivity contribution in [1.82, 2.24) is 0 Å². The van der Waals surface area contributed by atoms with Crippen molar-refractivity contribution in [2.24, 2.45) is 17.8 Å². The van der Waals surface area contributed by atoms with Crippen LogP contribution in [0, 0.1) is 17.8 Å². The van der Waals surface area contributed by atoms with Crippen LogP contribution >= 0.6 is 15.9 Å². The van der Waals surface area contributed by atoms with Crippen LogP contribution in [-0.2, 0) is 0 Å². The molecule has 0 radical (unpaired) electrons. The molecule has 4 heteroatoms. The van der Waals surface area contributed by atoms with Gasteiger partial charge in [-0.1, -0.05) is 48.8 Å². The van der Waals surface area contributed by atoms with Crippen LogP contribution in [0.5, 0.6) is 0 Å². The second-order valence-corrected chi connectivity index (χ2v) is 5.85. The standard InChI is InChI=1S/C13H17Br.CH2O3/c1-8-9(2)13(10(8)3)11-4-6-12(14)7-5-11;2-1(3)4/h4-10,13H,1-3H3;(H2,2,3,4). The lowest BCUT2D eigenvalue weighted by atomic mass is 9.57. The van der Waals surface area contributed by atoms with Crippen molar-refractivity contribution in [3.05, 3.63) is 34.3 Å². The number of halogens is 1. The van der Waals surface area contributed by atoms with Crippen LogP contribution < -0.4 is 0 Å². The largest absolute Gasteiger partial charge is 0.503 e. The van der Waals surface area contributed by atoms with E-state index in [4.69, 9.17) is 15.0 Å². The zero-order valence-electron chi connectivity index (χ0n) is 10.8. The molecule has 0 aromatic heterocycles. The molecular formula is C14H19BrO3. The van der Waals surface area contributed by atoms with E-state index in [0.29, 0.717) is 0 Å². The summed E-state index contributed by atoms with van der Waals surface area (Å²) in [5.41, 5.74) is 1.51. The summed E-state index contributed by atoms with van der Waals surface area (Å²) in [7, 11) is 0. The van der Waals surface area contributed by atoms with E-state index in [1.807, 2.05) is 0 Å². The molecule has 2 atom stereocenters. The predicted octanol–water partition coefficient (Wildman–Crippen LogP) is 4.68. The van der Waals surface area contributed by atoms with Gasteiger partial charge in [-0.05, 0) is 41.4 Å². The number of carbonyl (C=O) groups is 1. The molecule has 1 aromatic carbocycles. The average Bonchev–Trinajstić information content (AvgIpc) is 2.31. The maximum atomic E-state index is 8.56. The normalized spacial score (nSPS) is 29.8. The summed E-state index contributed by atoms with van der Waals surface area (Å²) in [6, 6.07) is 8.82. The molecule has 0 amide bonds. The van der Waals surface area contributed by atoms with Crippen molar-refractivity contribution in [3.63, 3.8) is 0 Å². The molecule has 0 spiro atoms. The Balaban J connectivity index is 0.000000357. The number of carboxylic acid groups (broad SMARTS) is 2. The van der Waals surface area contributed by atoms with Gasteiger partial charge in [-0.25, -0.2) is 4.79 Å². The third kappa shape index (κ3) is 3.48. The highest BCUT2D eigenvalue weighted by molar-refractivity contribution is 9.10. The first-order valence-electron chi connectivity index (χ1n) is 6.02. The molecular weight excluding hydrogens is 296 g/mol. The van der Waals surface area contributed by atoms with Crippen LogP contribution in [0.4, 0.5) is 4.79 Å². The highest BCUT2D eigenvalue weighted by Gasteiger charge is 2.42. The van der Waals surface area contributed by atoms with Gasteiger partial charge >= 0.3 is 6.16 Å². The van der Waals surface area contributed by atoms with Gasteiger partial charge in [0.1, 0.15) is 0 Å². The van der Waals surface area contributed by atoms with Crippen LogP contribution in [0.15, 0.2) is 28.7 Å². The van der Waals surface area contributed by atoms with Crippen molar-refractivity contribution in [3.8, 4) is 0 Å². The molecule has 3 nitrogen and oxygen atoms in total. The lowest BCUT2D eigenvalue weighted by Gasteiger charge is -2.48. The fourth-order valence-corrected chi connectivity index (χ4v) is 3.02. The zero-order chi connectivity index (χ0) is 13.9. The average molecular weight is 315 g/mol. The van der Waals surface area contributed by atoms with E-state index in [1.165, 1.54) is 10.0 Å². The number of hydrogen-bond acceptors (Lipinski definition) is 1. The van der Waals surface area contributed by atoms with Gasteiger partial charge in [0.2, 0.25) is 0 Å². The van der Waals surface area contributed by atoms with Crippen LogP contribution in [0.1, 0.15) is 32.3 Å². The summed E-state index contributed by atoms with van der Waals surface area (Å²) in [4.78, 5) is 8.56. The fraction of sp³-hybridized carbons (Fsp3) is 0.500. The Morgan fingerprint density at radius 3 is 1.78 bits per heavy atom. The Morgan fingerprint density at radius 2 is 1.39 bits per heavy atom. The molecule has 1 aliphatic rings. The highest BCUT2D eigenvalue weighted by atomic mass is 79.9. The molecule has 2 unspecified atom stereocenters. The molecule has 1 aliphatic carbocycles. The van der Waals surface area contributed by atoms with Gasteiger partial charge < -0.3 is 10.2 Å². The first-order valence-corrected chi connectivity index (χ1v) is 6.81. The van der Waals surface area contributed by atoms with Crippen LogP contribution in [0.3, 0.4) is 0 Å². The SMILES string of the molecule is CC1C(C)C(c2ccc(Br)cc2)C1C.O=C(O)O. The summed E-state index contributed by atoms with van der Waals surface area (Å²) in [5.74, 6) is 3.33. The van der Waals surface area contributed by atoms with Crippen molar-refractivity contribution in [2.75, 3.05) is 0 Å².